The van der Waals surface area contributed by atoms with Gasteiger partial charge in [-0.25, -0.2) is 8.42 Å². The summed E-state index contributed by atoms with van der Waals surface area (Å²) in [7, 11) is -3.74. The summed E-state index contributed by atoms with van der Waals surface area (Å²) in [4.78, 5) is 1.69. The van der Waals surface area contributed by atoms with Crippen LogP contribution in [0.5, 0.6) is 0 Å². The van der Waals surface area contributed by atoms with Crippen LogP contribution in [0.4, 0.5) is 11.4 Å². The zero-order chi connectivity index (χ0) is 17.2. The highest BCUT2D eigenvalue weighted by Crippen LogP contribution is 2.39. The molecule has 2 aromatic carbocycles. The predicted molar refractivity (Wildman–Crippen MR) is 94.5 cm³/mol. The summed E-state index contributed by atoms with van der Waals surface area (Å²) in [5.74, 6) is 0. The topological polar surface area (TPSA) is 61.2 Å². The number of aryl methyl sites for hydroxylation is 1. The molecule has 5 heteroatoms. The van der Waals surface area contributed by atoms with E-state index in [4.69, 9.17) is 0 Å². The number of nitriles is 1. The summed E-state index contributed by atoms with van der Waals surface area (Å²) < 4.78 is 24.9. The van der Waals surface area contributed by atoms with Gasteiger partial charge < -0.3 is 4.90 Å². The molecule has 0 atom stereocenters. The molecule has 0 amide bonds. The number of para-hydroxylation sites is 1. The predicted octanol–water partition coefficient (Wildman–Crippen LogP) is 4.32. The van der Waals surface area contributed by atoms with E-state index in [1.54, 1.807) is 29.2 Å². The summed E-state index contributed by atoms with van der Waals surface area (Å²) in [5, 5.41) is 9.23. The molecule has 0 aromatic heterocycles. The molecule has 0 bridgehead atoms. The first-order valence-electron chi connectivity index (χ1n) is 7.92. The van der Waals surface area contributed by atoms with Crippen LogP contribution in [-0.2, 0) is 16.3 Å². The highest BCUT2D eigenvalue weighted by molar-refractivity contribution is 7.95. The lowest BCUT2D eigenvalue weighted by atomic mass is 10.1. The zero-order valence-corrected chi connectivity index (χ0v) is 14.3. The van der Waals surface area contributed by atoms with Crippen LogP contribution in [0.25, 0.3) is 0 Å². The minimum Gasteiger partial charge on any atom is -0.314 e. The molecule has 3 rings (SSSR count). The zero-order valence-electron chi connectivity index (χ0n) is 13.4. The molecule has 2 aromatic rings. The molecule has 1 heterocycles. The largest absolute Gasteiger partial charge is 0.314 e. The molecule has 0 saturated heterocycles. The number of sulfone groups is 1. The number of benzene rings is 2. The molecule has 0 aliphatic carbocycles. The van der Waals surface area contributed by atoms with Gasteiger partial charge in [-0.3, -0.25) is 0 Å². The third kappa shape index (κ3) is 2.81. The minimum absolute atomic E-state index is 0.166. The average Bonchev–Trinajstić information content (AvgIpc) is 2.61. The molecule has 0 radical (unpaired) electrons. The van der Waals surface area contributed by atoms with Gasteiger partial charge in [0, 0.05) is 11.9 Å². The van der Waals surface area contributed by atoms with Gasteiger partial charge in [0.15, 0.2) is 4.91 Å². The van der Waals surface area contributed by atoms with Crippen molar-refractivity contribution in [1.82, 2.24) is 0 Å². The summed E-state index contributed by atoms with van der Waals surface area (Å²) in [6.07, 6.45) is 4.72. The molecule has 0 spiro atoms. The molecular weight excluding hydrogens is 320 g/mol. The van der Waals surface area contributed by atoms with E-state index in [2.05, 4.69) is 19.1 Å². The van der Waals surface area contributed by atoms with Crippen LogP contribution in [0.1, 0.15) is 25.3 Å². The Morgan fingerprint density at radius 2 is 1.79 bits per heavy atom. The first kappa shape index (κ1) is 16.3. The second-order valence-corrected chi connectivity index (χ2v) is 7.60. The van der Waals surface area contributed by atoms with Gasteiger partial charge in [-0.05, 0) is 42.7 Å². The number of fused-ring (bicyclic) bond motifs is 1. The number of rotatable bonds is 4. The maximum Gasteiger partial charge on any atom is 0.220 e. The number of hydrogen-bond acceptors (Lipinski definition) is 4. The quantitative estimate of drug-likeness (QED) is 0.833. The maximum atomic E-state index is 12.5. The normalized spacial score (nSPS) is 15.3. The van der Waals surface area contributed by atoms with Gasteiger partial charge in [0.05, 0.1) is 10.6 Å². The van der Waals surface area contributed by atoms with Crippen molar-refractivity contribution >= 4 is 21.2 Å². The van der Waals surface area contributed by atoms with Gasteiger partial charge in [-0.2, -0.15) is 5.26 Å². The molecule has 4 nitrogen and oxygen atoms in total. The van der Waals surface area contributed by atoms with Crippen LogP contribution >= 0.6 is 0 Å². The first-order valence-corrected chi connectivity index (χ1v) is 9.40. The van der Waals surface area contributed by atoms with Gasteiger partial charge in [-0.1, -0.05) is 37.6 Å². The smallest absolute Gasteiger partial charge is 0.220 e. The molecule has 0 N–H and O–H groups in total. The molecule has 122 valence electrons. The highest BCUT2D eigenvalue weighted by Gasteiger charge is 2.31. The number of unbranched alkanes of at least 4 members (excludes halogenated alkanes) is 1. The Morgan fingerprint density at radius 1 is 1.08 bits per heavy atom. The van der Waals surface area contributed by atoms with Crippen molar-refractivity contribution < 1.29 is 8.42 Å². The Morgan fingerprint density at radius 3 is 2.46 bits per heavy atom. The number of hydrogen-bond donors (Lipinski definition) is 0. The molecule has 0 fully saturated rings. The van der Waals surface area contributed by atoms with Crippen molar-refractivity contribution in [2.24, 2.45) is 0 Å². The Balaban J connectivity index is 2.06. The van der Waals surface area contributed by atoms with E-state index in [0.29, 0.717) is 5.69 Å². The summed E-state index contributed by atoms with van der Waals surface area (Å²) in [5.41, 5.74) is 2.66. The van der Waals surface area contributed by atoms with Crippen molar-refractivity contribution in [2.45, 2.75) is 31.1 Å². The summed E-state index contributed by atoms with van der Waals surface area (Å²) in [6.45, 7) is 2.16. The van der Waals surface area contributed by atoms with Crippen molar-refractivity contribution in [1.29, 1.82) is 5.26 Å². The standard InChI is InChI=1S/C19H18N2O2S/c1-2-3-6-15-9-11-16(12-10-15)21-14-17(13-20)24(22,23)19-8-5-4-7-18(19)21/h4-5,7-12,14H,2-3,6H2,1H3. The Hall–Kier alpha value is -2.58. The average molecular weight is 338 g/mol. The minimum atomic E-state index is -3.74. The van der Waals surface area contributed by atoms with E-state index in [1.807, 2.05) is 12.1 Å². The second-order valence-electron chi connectivity index (χ2n) is 5.72. The lowest BCUT2D eigenvalue weighted by molar-refractivity contribution is 0.602. The Bertz CT molecular complexity index is 923. The van der Waals surface area contributed by atoms with Crippen LogP contribution in [-0.4, -0.2) is 8.42 Å². The highest BCUT2D eigenvalue weighted by atomic mass is 32.2. The van der Waals surface area contributed by atoms with E-state index in [0.717, 1.165) is 24.9 Å². The fourth-order valence-corrected chi connectivity index (χ4v) is 4.07. The van der Waals surface area contributed by atoms with E-state index < -0.39 is 9.84 Å². The maximum absolute atomic E-state index is 12.5. The van der Waals surface area contributed by atoms with Crippen LogP contribution in [0.3, 0.4) is 0 Å². The molecule has 1 aliphatic heterocycles. The van der Waals surface area contributed by atoms with Crippen molar-refractivity contribution in [2.75, 3.05) is 4.90 Å². The van der Waals surface area contributed by atoms with Crippen molar-refractivity contribution in [3.8, 4) is 6.07 Å². The Kier molecular flexibility index (Phi) is 4.41. The molecule has 0 saturated carbocycles. The monoisotopic (exact) mass is 338 g/mol. The Labute approximate surface area is 142 Å². The SMILES string of the molecule is CCCCc1ccc(N2C=C(C#N)S(=O)(=O)c3ccccc32)cc1. The lowest BCUT2D eigenvalue weighted by Gasteiger charge is -2.27. The van der Waals surface area contributed by atoms with Crippen LogP contribution in [0.2, 0.25) is 0 Å². The van der Waals surface area contributed by atoms with Crippen molar-refractivity contribution in [3.05, 3.63) is 65.2 Å². The van der Waals surface area contributed by atoms with Gasteiger partial charge in [0.25, 0.3) is 0 Å². The van der Waals surface area contributed by atoms with Gasteiger partial charge in [0.1, 0.15) is 6.07 Å². The van der Waals surface area contributed by atoms with Crippen LogP contribution in [0.15, 0.2) is 64.5 Å². The first-order chi connectivity index (χ1) is 11.6. The van der Waals surface area contributed by atoms with E-state index in [9.17, 15) is 13.7 Å². The lowest BCUT2D eigenvalue weighted by Crippen LogP contribution is -2.21. The molecule has 0 unspecified atom stereocenters. The van der Waals surface area contributed by atoms with E-state index in [1.165, 1.54) is 17.8 Å². The van der Waals surface area contributed by atoms with Gasteiger partial charge >= 0.3 is 0 Å². The summed E-state index contributed by atoms with van der Waals surface area (Å²) >= 11 is 0. The van der Waals surface area contributed by atoms with Crippen LogP contribution in [0, 0.1) is 11.3 Å². The third-order valence-corrected chi connectivity index (χ3v) is 5.79. The van der Waals surface area contributed by atoms with E-state index >= 15 is 0 Å². The number of anilines is 2. The van der Waals surface area contributed by atoms with Crippen LogP contribution < -0.4 is 4.90 Å². The fourth-order valence-electron chi connectivity index (χ4n) is 2.76. The number of allylic oxidation sites excluding steroid dienone is 1. The summed E-state index contributed by atoms with van der Waals surface area (Å²) in [6, 6.07) is 16.6. The number of nitrogens with zero attached hydrogens (tertiary/aromatic N) is 2. The second kappa shape index (κ2) is 6.50. The van der Waals surface area contributed by atoms with Gasteiger partial charge in [0.2, 0.25) is 9.84 Å². The third-order valence-electron chi connectivity index (χ3n) is 4.09. The molecular formula is C19H18N2O2S. The molecule has 1 aliphatic rings. The fraction of sp³-hybridized carbons (Fsp3) is 0.211. The van der Waals surface area contributed by atoms with Gasteiger partial charge in [-0.15, -0.1) is 0 Å². The molecule has 24 heavy (non-hydrogen) atoms. The van der Waals surface area contributed by atoms with E-state index in [-0.39, 0.29) is 9.80 Å². The van der Waals surface area contributed by atoms with Crippen molar-refractivity contribution in [3.63, 3.8) is 0 Å².